The highest BCUT2D eigenvalue weighted by Crippen LogP contribution is 2.32. The van der Waals surface area contributed by atoms with Crippen LogP contribution in [0.4, 0.5) is 0 Å². The number of fused-ring (bicyclic) bond motifs is 1. The lowest BCUT2D eigenvalue weighted by atomic mass is 9.98. The fraction of sp³-hybridized carbons (Fsp3) is 0.316. The summed E-state index contributed by atoms with van der Waals surface area (Å²) in [5.74, 6) is 1.39. The van der Waals surface area contributed by atoms with E-state index in [0.717, 1.165) is 27.8 Å². The van der Waals surface area contributed by atoms with Crippen LogP contribution in [0.15, 0.2) is 46.9 Å². The van der Waals surface area contributed by atoms with Crippen LogP contribution in [0.5, 0.6) is 11.5 Å². The molecule has 1 amide bonds. The van der Waals surface area contributed by atoms with Crippen LogP contribution in [0, 0.1) is 6.92 Å². The molecule has 2 unspecified atom stereocenters. The number of aryl methyl sites for hydroxylation is 1. The van der Waals surface area contributed by atoms with Gasteiger partial charge in [0.2, 0.25) is 0 Å². The second-order valence-electron chi connectivity index (χ2n) is 5.95. The summed E-state index contributed by atoms with van der Waals surface area (Å²) >= 11 is 3.38. The number of carbonyl (C=O) groups is 1. The van der Waals surface area contributed by atoms with Crippen molar-refractivity contribution in [2.45, 2.75) is 32.4 Å². The van der Waals surface area contributed by atoms with Crippen molar-refractivity contribution in [3.05, 3.63) is 58.1 Å². The van der Waals surface area contributed by atoms with Gasteiger partial charge < -0.3 is 14.8 Å². The van der Waals surface area contributed by atoms with Gasteiger partial charge in [-0.1, -0.05) is 33.6 Å². The van der Waals surface area contributed by atoms with Crippen molar-refractivity contribution in [3.63, 3.8) is 0 Å². The van der Waals surface area contributed by atoms with Crippen LogP contribution in [-0.2, 0) is 4.79 Å². The number of amides is 1. The molecule has 1 aliphatic heterocycles. The summed E-state index contributed by atoms with van der Waals surface area (Å²) in [7, 11) is 0. The highest BCUT2D eigenvalue weighted by atomic mass is 79.9. The number of benzene rings is 2. The van der Waals surface area contributed by atoms with E-state index >= 15 is 0 Å². The average Bonchev–Trinajstić information content (AvgIpc) is 2.57. The fourth-order valence-corrected chi connectivity index (χ4v) is 2.99. The number of nitrogens with one attached hydrogen (secondary N) is 1. The van der Waals surface area contributed by atoms with Crippen LogP contribution in [0.2, 0.25) is 0 Å². The van der Waals surface area contributed by atoms with E-state index in [1.807, 2.05) is 43.3 Å². The first-order valence-corrected chi connectivity index (χ1v) is 8.78. The van der Waals surface area contributed by atoms with Crippen molar-refractivity contribution in [3.8, 4) is 11.5 Å². The maximum atomic E-state index is 12.5. The Bertz CT molecular complexity index is 730. The first kappa shape index (κ1) is 16.8. The molecule has 2 aromatic rings. The van der Waals surface area contributed by atoms with Crippen molar-refractivity contribution in [1.82, 2.24) is 5.32 Å². The Morgan fingerprint density at radius 2 is 2.04 bits per heavy atom. The van der Waals surface area contributed by atoms with Crippen molar-refractivity contribution in [2.75, 3.05) is 6.61 Å². The van der Waals surface area contributed by atoms with Gasteiger partial charge in [0.25, 0.3) is 5.91 Å². The molecule has 0 saturated carbocycles. The molecular formula is C19H20BrNO3. The first-order chi connectivity index (χ1) is 11.5. The van der Waals surface area contributed by atoms with Crippen LogP contribution in [0.3, 0.4) is 0 Å². The van der Waals surface area contributed by atoms with Gasteiger partial charge in [0, 0.05) is 16.5 Å². The van der Waals surface area contributed by atoms with E-state index in [4.69, 9.17) is 9.47 Å². The zero-order valence-electron chi connectivity index (χ0n) is 13.7. The molecule has 126 valence electrons. The molecule has 2 atom stereocenters. The molecule has 0 aliphatic carbocycles. The minimum Gasteiger partial charge on any atom is -0.493 e. The Labute approximate surface area is 150 Å². The highest BCUT2D eigenvalue weighted by molar-refractivity contribution is 9.10. The van der Waals surface area contributed by atoms with Crippen LogP contribution in [-0.4, -0.2) is 18.6 Å². The molecule has 4 nitrogen and oxygen atoms in total. The number of carbonyl (C=O) groups excluding carboxylic acids is 1. The molecule has 1 N–H and O–H groups in total. The molecule has 1 aliphatic rings. The number of hydrogen-bond donors (Lipinski definition) is 1. The van der Waals surface area contributed by atoms with E-state index in [9.17, 15) is 4.79 Å². The van der Waals surface area contributed by atoms with Gasteiger partial charge in [-0.05, 0) is 44.2 Å². The van der Waals surface area contributed by atoms with Crippen LogP contribution < -0.4 is 14.8 Å². The van der Waals surface area contributed by atoms with Gasteiger partial charge in [-0.15, -0.1) is 0 Å². The van der Waals surface area contributed by atoms with Gasteiger partial charge in [-0.2, -0.15) is 0 Å². The summed E-state index contributed by atoms with van der Waals surface area (Å²) in [6.07, 6.45) is 0.190. The van der Waals surface area contributed by atoms with Gasteiger partial charge in [0.05, 0.1) is 12.6 Å². The molecular weight excluding hydrogens is 370 g/mol. The lowest BCUT2D eigenvalue weighted by Crippen LogP contribution is -2.40. The normalized spacial score (nSPS) is 17.4. The predicted octanol–water partition coefficient (Wildman–Crippen LogP) is 4.16. The lowest BCUT2D eigenvalue weighted by molar-refractivity contribution is -0.128. The van der Waals surface area contributed by atoms with E-state index in [1.165, 1.54) is 0 Å². The van der Waals surface area contributed by atoms with Gasteiger partial charge in [-0.25, -0.2) is 0 Å². The van der Waals surface area contributed by atoms with Gasteiger partial charge >= 0.3 is 0 Å². The van der Waals surface area contributed by atoms with Crippen LogP contribution in [0.1, 0.15) is 30.5 Å². The fourth-order valence-electron chi connectivity index (χ4n) is 2.72. The van der Waals surface area contributed by atoms with Gasteiger partial charge in [0.15, 0.2) is 6.10 Å². The van der Waals surface area contributed by atoms with E-state index in [1.54, 1.807) is 6.92 Å². The van der Waals surface area contributed by atoms with E-state index < -0.39 is 6.10 Å². The highest BCUT2D eigenvalue weighted by Gasteiger charge is 2.25. The second kappa shape index (κ2) is 7.26. The standard InChI is InChI=1S/C19H20BrNO3/c1-12-3-8-18-16(11-12)17(9-10-23-18)21-19(22)13(2)24-15-6-4-14(20)5-7-15/h3-8,11,13,17H,9-10H2,1-2H3,(H,21,22). The first-order valence-electron chi connectivity index (χ1n) is 7.99. The van der Waals surface area contributed by atoms with Crippen molar-refractivity contribution < 1.29 is 14.3 Å². The molecule has 2 aromatic carbocycles. The largest absolute Gasteiger partial charge is 0.493 e. The van der Waals surface area contributed by atoms with Crippen molar-refractivity contribution >= 4 is 21.8 Å². The average molecular weight is 390 g/mol. The monoisotopic (exact) mass is 389 g/mol. The third-order valence-electron chi connectivity index (χ3n) is 4.02. The quantitative estimate of drug-likeness (QED) is 0.853. The number of rotatable bonds is 4. The van der Waals surface area contributed by atoms with Crippen molar-refractivity contribution in [2.24, 2.45) is 0 Å². The zero-order chi connectivity index (χ0) is 17.1. The maximum absolute atomic E-state index is 12.5. The second-order valence-corrected chi connectivity index (χ2v) is 6.87. The molecule has 24 heavy (non-hydrogen) atoms. The van der Waals surface area contributed by atoms with Crippen LogP contribution in [0.25, 0.3) is 0 Å². The minimum absolute atomic E-state index is 0.0443. The molecule has 0 radical (unpaired) electrons. The molecule has 0 fully saturated rings. The molecule has 1 heterocycles. The molecule has 3 rings (SSSR count). The Balaban J connectivity index is 1.67. The maximum Gasteiger partial charge on any atom is 0.261 e. The third-order valence-corrected chi connectivity index (χ3v) is 4.55. The summed E-state index contributed by atoms with van der Waals surface area (Å²) in [5, 5.41) is 3.08. The van der Waals surface area contributed by atoms with E-state index in [-0.39, 0.29) is 11.9 Å². The summed E-state index contributed by atoms with van der Waals surface area (Å²) in [6.45, 7) is 4.39. The molecule has 0 bridgehead atoms. The molecule has 0 saturated heterocycles. The summed E-state index contributed by atoms with van der Waals surface area (Å²) < 4.78 is 12.4. The van der Waals surface area contributed by atoms with E-state index in [0.29, 0.717) is 12.4 Å². The molecule has 0 spiro atoms. The van der Waals surface area contributed by atoms with Crippen molar-refractivity contribution in [1.29, 1.82) is 0 Å². The predicted molar refractivity (Wildman–Crippen MR) is 96.4 cm³/mol. The summed E-state index contributed by atoms with van der Waals surface area (Å²) in [6, 6.07) is 13.4. The number of ether oxygens (including phenoxy) is 2. The number of halogens is 1. The lowest BCUT2D eigenvalue weighted by Gasteiger charge is -2.28. The van der Waals surface area contributed by atoms with Gasteiger partial charge in [-0.3, -0.25) is 4.79 Å². The topological polar surface area (TPSA) is 47.6 Å². The van der Waals surface area contributed by atoms with Gasteiger partial charge in [0.1, 0.15) is 11.5 Å². The molecule has 5 heteroatoms. The summed E-state index contributed by atoms with van der Waals surface area (Å²) in [5.41, 5.74) is 2.18. The summed E-state index contributed by atoms with van der Waals surface area (Å²) in [4.78, 5) is 12.5. The third kappa shape index (κ3) is 3.90. The number of hydrogen-bond acceptors (Lipinski definition) is 3. The molecule has 0 aromatic heterocycles. The SMILES string of the molecule is Cc1ccc2c(c1)C(NC(=O)C(C)Oc1ccc(Br)cc1)CCO2. The smallest absolute Gasteiger partial charge is 0.261 e. The van der Waals surface area contributed by atoms with Crippen LogP contribution >= 0.6 is 15.9 Å². The zero-order valence-corrected chi connectivity index (χ0v) is 15.3. The Morgan fingerprint density at radius 3 is 2.79 bits per heavy atom. The Morgan fingerprint density at radius 1 is 1.29 bits per heavy atom. The minimum atomic E-state index is -0.567. The Hall–Kier alpha value is -2.01. The Kier molecular flexibility index (Phi) is 5.09. The van der Waals surface area contributed by atoms with E-state index in [2.05, 4.69) is 27.3 Å².